The number of aliphatic hydroxyl groups excluding tert-OH is 12. The molecule has 0 aromatic carbocycles. The van der Waals surface area contributed by atoms with Crippen LogP contribution in [-0.4, -0.2) is 279 Å². The number of hydrogen-bond acceptors (Lipinski definition) is 29. The van der Waals surface area contributed by atoms with Crippen LogP contribution in [0.15, 0.2) is 11.6 Å². The molecule has 31 heteroatoms. The van der Waals surface area contributed by atoms with Gasteiger partial charge in [-0.1, -0.05) is 46.3 Å². The van der Waals surface area contributed by atoms with Crippen molar-refractivity contribution >= 4 is 22.2 Å². The van der Waals surface area contributed by atoms with Crippen LogP contribution in [0.1, 0.15) is 93.9 Å². The third-order valence-corrected chi connectivity index (χ3v) is 21.5. The molecule has 3 saturated carbocycles. The number of rotatable bonds is 18. The van der Waals surface area contributed by atoms with Crippen molar-refractivity contribution < 1.29 is 145 Å². The summed E-state index contributed by atoms with van der Waals surface area (Å²) in [6.07, 6.45) is -37.6. The molecule has 8 fully saturated rings. The molecule has 0 unspecified atom stereocenters. The van der Waals surface area contributed by atoms with E-state index in [0.717, 1.165) is 20.0 Å². The number of aliphatic hydroxyl groups is 12. The van der Waals surface area contributed by atoms with Crippen LogP contribution in [0, 0.1) is 39.4 Å². The van der Waals surface area contributed by atoms with E-state index in [4.69, 9.17) is 56.8 Å². The lowest BCUT2D eigenvalue weighted by atomic mass is 9.41. The number of ether oxygens (including phenoxy) is 12. The first kappa shape index (κ1) is 69.2. The van der Waals surface area contributed by atoms with E-state index in [1.165, 1.54) is 19.4 Å². The van der Waals surface area contributed by atoms with E-state index in [1.54, 1.807) is 6.92 Å². The molecule has 9 rings (SSSR count). The van der Waals surface area contributed by atoms with Crippen molar-refractivity contribution in [3.63, 3.8) is 0 Å². The second-order valence-corrected chi connectivity index (χ2v) is 27.5. The van der Waals surface area contributed by atoms with E-state index < -0.39 is 225 Å². The topological polar surface area (TPSA) is 451 Å². The summed E-state index contributed by atoms with van der Waals surface area (Å²) in [4.78, 5) is 25.8. The number of carbonyl (C=O) groups is 2. The van der Waals surface area contributed by atoms with Crippen LogP contribution in [0.4, 0.5) is 0 Å². The molecule has 5 saturated heterocycles. The standard InChI is InChI=1S/C56H90O30S/c1-21(59)33-26(78-23(3)60)16-56(8)25-10-11-31-53(4,5)32(13-14-54(31,6)24(25)12-15-55(33,56)7)83-52-47(86-48-41(68)39(66)44(22(2)77-48)84-49-40(67)38(65)34(61)27(17-57)79-49)37(64)29(19-75-52)81-50-43(70)46(36(63)30(82-50)20-76-87(71,72)73)85-51-42(69)45(74-9)35(62)28(18-58)80-51/h12,22,25-52,57-58,61-70H,10-11,13-20H2,1-9H3,(H,71,72,73)/t22-,25-,26-,27-,28-,29-,30-,31+,32+,33+,34-,35-,36-,37+,38+,39-,40-,41-,42-,43-,44-,45+,46+,47-,48+,49+,50-,51+,52+,54-,55-,56+/m1/s1. The quantitative estimate of drug-likeness (QED) is 0.0272. The Morgan fingerprint density at radius 1 is 0.609 bits per heavy atom. The van der Waals surface area contributed by atoms with Gasteiger partial charge < -0.3 is 118 Å². The number of fused-ring (bicyclic) bond motifs is 5. The van der Waals surface area contributed by atoms with Crippen LogP contribution in [-0.2, 0) is 81.0 Å². The molecule has 9 aliphatic rings. The highest BCUT2D eigenvalue weighted by atomic mass is 32.3. The third-order valence-electron chi connectivity index (χ3n) is 21.1. The van der Waals surface area contributed by atoms with Gasteiger partial charge in [-0.05, 0) is 85.9 Å². The molecule has 4 aliphatic carbocycles. The molecule has 13 N–H and O–H groups in total. The Hall–Kier alpha value is -2.17. The van der Waals surface area contributed by atoms with E-state index in [9.17, 15) is 83.8 Å². The minimum Gasteiger partial charge on any atom is -0.462 e. The molecule has 5 aliphatic heterocycles. The van der Waals surface area contributed by atoms with Crippen LogP contribution in [0.3, 0.4) is 0 Å². The first-order valence-corrected chi connectivity index (χ1v) is 31.1. The fourth-order valence-corrected chi connectivity index (χ4v) is 16.7. The first-order valence-electron chi connectivity index (χ1n) is 29.7. The first-order chi connectivity index (χ1) is 40.7. The summed E-state index contributed by atoms with van der Waals surface area (Å²) in [7, 11) is -4.06. The maximum Gasteiger partial charge on any atom is 0.397 e. The fourth-order valence-electron chi connectivity index (χ4n) is 16.3. The molecule has 30 nitrogen and oxygen atoms in total. The van der Waals surface area contributed by atoms with Crippen LogP contribution >= 0.6 is 0 Å². The molecule has 0 radical (unpaired) electrons. The van der Waals surface area contributed by atoms with Crippen LogP contribution in [0.2, 0.25) is 0 Å². The number of carbonyl (C=O) groups excluding carboxylic acids is 2. The highest BCUT2D eigenvalue weighted by Gasteiger charge is 2.69. The van der Waals surface area contributed by atoms with E-state index in [0.29, 0.717) is 25.7 Å². The lowest BCUT2D eigenvalue weighted by molar-refractivity contribution is -0.394. The summed E-state index contributed by atoms with van der Waals surface area (Å²) in [5.74, 6) is -0.912. The number of hydrogen-bond donors (Lipinski definition) is 13. The smallest absolute Gasteiger partial charge is 0.397 e. The number of ketones is 1. The molecular formula is C56H90O30S. The van der Waals surface area contributed by atoms with Gasteiger partial charge in [0, 0.05) is 14.0 Å². The van der Waals surface area contributed by atoms with Gasteiger partial charge in [-0.2, -0.15) is 8.42 Å². The van der Waals surface area contributed by atoms with Crippen molar-refractivity contribution in [2.24, 2.45) is 39.4 Å². The van der Waals surface area contributed by atoms with Crippen molar-refractivity contribution in [2.75, 3.05) is 33.5 Å². The van der Waals surface area contributed by atoms with Crippen molar-refractivity contribution in [3.8, 4) is 0 Å². The minimum atomic E-state index is -5.20. The molecule has 0 amide bonds. The Morgan fingerprint density at radius 2 is 1.17 bits per heavy atom. The zero-order chi connectivity index (χ0) is 63.9. The fraction of sp³-hybridized carbons (Fsp3) is 0.929. The van der Waals surface area contributed by atoms with Gasteiger partial charge in [-0.15, -0.1) is 0 Å². The van der Waals surface area contributed by atoms with Gasteiger partial charge in [-0.25, -0.2) is 4.18 Å². The molecule has 500 valence electrons. The summed E-state index contributed by atoms with van der Waals surface area (Å²) in [5.41, 5.74) is -0.640. The molecule has 0 spiro atoms. The number of Topliss-reactive ketones (excluding diaryl/α,β-unsaturated/α-hetero) is 1. The third kappa shape index (κ3) is 12.7. The average molecular weight is 1280 g/mol. The molecular weight excluding hydrogens is 1180 g/mol. The zero-order valence-electron chi connectivity index (χ0n) is 50.1. The van der Waals surface area contributed by atoms with E-state index in [1.807, 2.05) is 0 Å². The Morgan fingerprint density at radius 3 is 1.79 bits per heavy atom. The van der Waals surface area contributed by atoms with E-state index in [2.05, 4.69) is 44.9 Å². The van der Waals surface area contributed by atoms with Crippen molar-refractivity contribution in [1.29, 1.82) is 0 Å². The van der Waals surface area contributed by atoms with Crippen LogP contribution in [0.25, 0.3) is 0 Å². The summed E-state index contributed by atoms with van der Waals surface area (Å²) in [6, 6.07) is 0. The van der Waals surface area contributed by atoms with Gasteiger partial charge in [0.05, 0.1) is 44.6 Å². The van der Waals surface area contributed by atoms with Gasteiger partial charge in [-0.3, -0.25) is 14.1 Å². The van der Waals surface area contributed by atoms with Gasteiger partial charge >= 0.3 is 16.4 Å². The lowest BCUT2D eigenvalue weighted by Crippen LogP contribution is -2.67. The molecule has 0 aromatic heterocycles. The van der Waals surface area contributed by atoms with Gasteiger partial charge in [0.1, 0.15) is 122 Å². The molecule has 5 heterocycles. The average Bonchev–Trinajstić information content (AvgIpc) is 1.64. The summed E-state index contributed by atoms with van der Waals surface area (Å²) in [5, 5.41) is 132. The van der Waals surface area contributed by atoms with Crippen molar-refractivity contribution in [2.45, 2.75) is 254 Å². The monoisotopic (exact) mass is 1270 g/mol. The zero-order valence-corrected chi connectivity index (χ0v) is 50.9. The highest BCUT2D eigenvalue weighted by Crippen LogP contribution is 2.73. The van der Waals surface area contributed by atoms with E-state index >= 15 is 0 Å². The Balaban J connectivity index is 0.981. The molecule has 87 heavy (non-hydrogen) atoms. The second kappa shape index (κ2) is 26.3. The van der Waals surface area contributed by atoms with Gasteiger partial charge in [0.2, 0.25) is 0 Å². The second-order valence-electron chi connectivity index (χ2n) is 26.4. The molecule has 0 bridgehead atoms. The summed E-state index contributed by atoms with van der Waals surface area (Å²) in [6.45, 7) is 11.8. The molecule has 32 atom stereocenters. The largest absolute Gasteiger partial charge is 0.462 e. The minimum absolute atomic E-state index is 0.0223. The Bertz CT molecular complexity index is 2540. The van der Waals surface area contributed by atoms with Crippen LogP contribution < -0.4 is 0 Å². The predicted molar refractivity (Wildman–Crippen MR) is 288 cm³/mol. The summed E-state index contributed by atoms with van der Waals surface area (Å²) < 4.78 is 109. The summed E-state index contributed by atoms with van der Waals surface area (Å²) >= 11 is 0. The van der Waals surface area contributed by atoms with Gasteiger partial charge in [0.25, 0.3) is 0 Å². The normalized spacial score (nSPS) is 50.9. The highest BCUT2D eigenvalue weighted by molar-refractivity contribution is 7.80. The Labute approximate surface area is 503 Å². The van der Waals surface area contributed by atoms with E-state index in [-0.39, 0.29) is 23.0 Å². The number of allylic oxidation sites excluding steroid dienone is 2. The molecule has 0 aromatic rings. The Kier molecular flexibility index (Phi) is 20.9. The maximum atomic E-state index is 13.4. The SMILES string of the molecule is CO[C@@H]1[C@@H](O)[C@H](O[C@@H]2[C@@H](O)[C@H](O[C@@H]3CO[C@@H](O[C@H]4CC[C@]5(C)C6=CC[C@]7(C)[C@@H](C(C)=O)[C@H](OC(C)=O)C[C@@]7(C)[C@@H]6CC[C@H]5C4(C)C)[C@H](O[C@@H]4O[C@H](C)[C@@H](O[C@@H]5O[C@H](CO)[C@@H](O)[C@H](O)[C@H]5O)[C@H](O)[C@H]4O)[C@H]3O)O[C@H](COS(=O)(=O)O)[C@H]2O)O[C@H](CO)[C@H]1O. The maximum absolute atomic E-state index is 13.4. The van der Waals surface area contributed by atoms with Crippen LogP contribution in [0.5, 0.6) is 0 Å². The van der Waals surface area contributed by atoms with Crippen molar-refractivity contribution in [1.82, 2.24) is 0 Å². The van der Waals surface area contributed by atoms with Crippen molar-refractivity contribution in [3.05, 3.63) is 11.6 Å². The predicted octanol–water partition coefficient (Wildman–Crippen LogP) is -3.65. The number of methoxy groups -OCH3 is 1. The van der Waals surface area contributed by atoms with Gasteiger partial charge in [0.15, 0.2) is 31.5 Å². The lowest BCUT2D eigenvalue weighted by Gasteiger charge is -2.64. The number of esters is 1.